The van der Waals surface area contributed by atoms with E-state index in [9.17, 15) is 19.2 Å². The first-order valence-corrected chi connectivity index (χ1v) is 9.52. The van der Waals surface area contributed by atoms with Crippen LogP contribution < -0.4 is 10.8 Å². The summed E-state index contributed by atoms with van der Waals surface area (Å²) in [4.78, 5) is 49.4. The predicted molar refractivity (Wildman–Crippen MR) is 106 cm³/mol. The van der Waals surface area contributed by atoms with E-state index in [4.69, 9.17) is 9.31 Å². The van der Waals surface area contributed by atoms with Gasteiger partial charge in [-0.2, -0.15) is 0 Å². The highest BCUT2D eigenvalue weighted by atomic mass is 16.7. The molecule has 9 heteroatoms. The van der Waals surface area contributed by atoms with E-state index >= 15 is 0 Å². The van der Waals surface area contributed by atoms with E-state index in [1.807, 2.05) is 27.7 Å². The monoisotopic (exact) mass is 400 g/mol. The second-order valence-corrected chi connectivity index (χ2v) is 8.44. The fourth-order valence-corrected chi connectivity index (χ4v) is 3.37. The summed E-state index contributed by atoms with van der Waals surface area (Å²) >= 11 is 0. The van der Waals surface area contributed by atoms with Crippen LogP contribution in [-0.4, -0.2) is 60.3 Å². The average Bonchev–Trinajstić information content (AvgIpc) is 2.87. The van der Waals surface area contributed by atoms with Gasteiger partial charge in [0.05, 0.1) is 11.2 Å². The molecule has 0 aliphatic carbocycles. The van der Waals surface area contributed by atoms with Gasteiger partial charge in [0.2, 0.25) is 11.8 Å². The quantitative estimate of drug-likeness (QED) is 0.453. The minimum atomic E-state index is -0.778. The van der Waals surface area contributed by atoms with Gasteiger partial charge in [0, 0.05) is 24.6 Å². The normalized spacial score (nSPS) is 22.9. The van der Waals surface area contributed by atoms with Crippen molar-refractivity contribution in [2.24, 2.45) is 0 Å². The van der Waals surface area contributed by atoms with Gasteiger partial charge in [0.15, 0.2) is 6.29 Å². The second kappa shape index (κ2) is 7.38. The fourth-order valence-electron chi connectivity index (χ4n) is 3.37. The van der Waals surface area contributed by atoms with Gasteiger partial charge in [0.25, 0.3) is 5.91 Å². The first-order valence-electron chi connectivity index (χ1n) is 9.52. The van der Waals surface area contributed by atoms with Gasteiger partial charge < -0.3 is 14.2 Å². The summed E-state index contributed by atoms with van der Waals surface area (Å²) in [5.74, 6) is -1.37. The minimum absolute atomic E-state index is 0.152. The minimum Gasteiger partial charge on any atom is -0.399 e. The molecule has 0 saturated carbocycles. The largest absolute Gasteiger partial charge is 0.494 e. The molecule has 2 saturated heterocycles. The Labute approximate surface area is 170 Å². The zero-order valence-corrected chi connectivity index (χ0v) is 17.3. The number of hydrogen-bond donors (Lipinski definition) is 1. The molecule has 154 valence electrons. The van der Waals surface area contributed by atoms with Gasteiger partial charge in [0.1, 0.15) is 6.04 Å². The van der Waals surface area contributed by atoms with Crippen LogP contribution in [0.25, 0.3) is 0 Å². The van der Waals surface area contributed by atoms with Crippen LogP contribution in [0.5, 0.6) is 0 Å². The van der Waals surface area contributed by atoms with Crippen LogP contribution in [0.4, 0.5) is 0 Å². The van der Waals surface area contributed by atoms with Crippen LogP contribution in [0.1, 0.15) is 61.3 Å². The van der Waals surface area contributed by atoms with Crippen molar-refractivity contribution < 1.29 is 28.5 Å². The molecule has 2 heterocycles. The number of imide groups is 1. The highest BCUT2D eigenvalue weighted by molar-refractivity contribution is 6.62. The third-order valence-corrected chi connectivity index (χ3v) is 5.96. The third-order valence-electron chi connectivity index (χ3n) is 5.96. The molecule has 2 aliphatic rings. The number of nitrogens with zero attached hydrogens (tertiary/aromatic N) is 1. The Kier molecular flexibility index (Phi) is 5.40. The topological polar surface area (TPSA) is 102 Å². The van der Waals surface area contributed by atoms with Gasteiger partial charge in [-0.1, -0.05) is 12.1 Å². The van der Waals surface area contributed by atoms with E-state index in [1.54, 1.807) is 18.2 Å². The van der Waals surface area contributed by atoms with Crippen molar-refractivity contribution >= 4 is 36.6 Å². The summed E-state index contributed by atoms with van der Waals surface area (Å²) in [6.07, 6.45) is 0.988. The molecular formula is C20H25BN2O6. The number of hydrogen-bond acceptors (Lipinski definition) is 6. The molecule has 0 bridgehead atoms. The molecule has 29 heavy (non-hydrogen) atoms. The van der Waals surface area contributed by atoms with Crippen molar-refractivity contribution in [1.82, 2.24) is 10.2 Å². The van der Waals surface area contributed by atoms with E-state index < -0.39 is 36.2 Å². The van der Waals surface area contributed by atoms with Crippen LogP contribution in [-0.2, 0) is 18.9 Å². The van der Waals surface area contributed by atoms with Gasteiger partial charge in [-0.3, -0.25) is 24.5 Å². The van der Waals surface area contributed by atoms with E-state index in [2.05, 4.69) is 5.32 Å². The maximum atomic E-state index is 13.1. The van der Waals surface area contributed by atoms with Gasteiger partial charge >= 0.3 is 7.12 Å². The van der Waals surface area contributed by atoms with Crippen LogP contribution in [0, 0.1) is 0 Å². The molecule has 3 rings (SSSR count). The first kappa shape index (κ1) is 21.2. The molecule has 0 radical (unpaired) electrons. The number of aldehydes is 1. The number of carbonyl (C=O) groups is 4. The van der Waals surface area contributed by atoms with E-state index in [0.717, 1.165) is 0 Å². The molecule has 1 atom stereocenters. The van der Waals surface area contributed by atoms with Crippen molar-refractivity contribution in [1.29, 1.82) is 0 Å². The Morgan fingerprint density at radius 1 is 1.21 bits per heavy atom. The van der Waals surface area contributed by atoms with Crippen LogP contribution in [0.3, 0.4) is 0 Å². The van der Waals surface area contributed by atoms with Crippen LogP contribution >= 0.6 is 0 Å². The lowest BCUT2D eigenvalue weighted by atomic mass is 9.77. The van der Waals surface area contributed by atoms with Crippen molar-refractivity contribution in [2.45, 2.75) is 57.8 Å². The number of likely N-dealkylation sites (N-methyl/N-ethyl adjacent to an activating group) is 1. The molecule has 2 aliphatic heterocycles. The molecule has 1 unspecified atom stereocenters. The molecule has 8 nitrogen and oxygen atoms in total. The summed E-state index contributed by atoms with van der Waals surface area (Å²) in [5, 5.41) is 2.24. The number of amides is 3. The Morgan fingerprint density at radius 3 is 2.38 bits per heavy atom. The third kappa shape index (κ3) is 3.84. The average molecular weight is 400 g/mol. The zero-order chi connectivity index (χ0) is 21.6. The summed E-state index contributed by atoms with van der Waals surface area (Å²) in [5.41, 5.74) is -0.133. The molecule has 1 N–H and O–H groups in total. The Bertz CT molecular complexity index is 866. The van der Waals surface area contributed by atoms with E-state index in [0.29, 0.717) is 11.7 Å². The SMILES string of the molecule is CN(C(=O)c1cc(B2OC(C)(C)C(C)(C)O2)ccc1C=O)C1CCC(=O)NC1=O. The predicted octanol–water partition coefficient (Wildman–Crippen LogP) is 0.676. The van der Waals surface area contributed by atoms with Crippen molar-refractivity contribution in [2.75, 3.05) is 7.05 Å². The zero-order valence-electron chi connectivity index (χ0n) is 17.3. The molecule has 3 amide bonds. The number of nitrogens with one attached hydrogen (secondary N) is 1. The number of rotatable bonds is 4. The standard InChI is InChI=1S/C20H25BN2O6/c1-19(2)20(3,4)29-21(28-19)13-7-6-12(11-24)14(10-13)18(27)23(5)15-8-9-16(25)22-17(15)26/h6-7,10-11,15H,8-9H2,1-5H3,(H,22,25,26). The smallest absolute Gasteiger partial charge is 0.399 e. The van der Waals surface area contributed by atoms with E-state index in [1.165, 1.54) is 11.9 Å². The molecule has 1 aromatic carbocycles. The molecule has 0 spiro atoms. The summed E-state index contributed by atoms with van der Waals surface area (Å²) in [6.45, 7) is 7.70. The van der Waals surface area contributed by atoms with Crippen LogP contribution in [0.15, 0.2) is 18.2 Å². The molecular weight excluding hydrogens is 375 g/mol. The molecule has 1 aromatic rings. The van der Waals surface area contributed by atoms with E-state index in [-0.39, 0.29) is 29.9 Å². The lowest BCUT2D eigenvalue weighted by Gasteiger charge is -2.32. The van der Waals surface area contributed by atoms with Crippen molar-refractivity contribution in [3.8, 4) is 0 Å². The number of benzene rings is 1. The number of carbonyl (C=O) groups excluding carboxylic acids is 4. The van der Waals surface area contributed by atoms with Crippen molar-refractivity contribution in [3.63, 3.8) is 0 Å². The maximum Gasteiger partial charge on any atom is 0.494 e. The lowest BCUT2D eigenvalue weighted by molar-refractivity contribution is -0.136. The maximum absolute atomic E-state index is 13.1. The summed E-state index contributed by atoms with van der Waals surface area (Å²) in [6, 6.07) is 4.02. The molecule has 0 aromatic heterocycles. The second-order valence-electron chi connectivity index (χ2n) is 8.44. The van der Waals surface area contributed by atoms with Crippen molar-refractivity contribution in [3.05, 3.63) is 29.3 Å². The Morgan fingerprint density at radius 2 is 1.83 bits per heavy atom. The van der Waals surface area contributed by atoms with Gasteiger partial charge in [-0.25, -0.2) is 0 Å². The Balaban J connectivity index is 1.90. The highest BCUT2D eigenvalue weighted by Gasteiger charge is 2.51. The first-order chi connectivity index (χ1) is 13.5. The van der Waals surface area contributed by atoms with Crippen LogP contribution in [0.2, 0.25) is 0 Å². The number of piperidine rings is 1. The Hall–Kier alpha value is -2.52. The lowest BCUT2D eigenvalue weighted by Crippen LogP contribution is -2.53. The fraction of sp³-hybridized carbons (Fsp3) is 0.500. The van der Waals surface area contributed by atoms with Gasteiger partial charge in [-0.15, -0.1) is 0 Å². The summed E-state index contributed by atoms with van der Waals surface area (Å²) < 4.78 is 12.1. The van der Waals surface area contributed by atoms with Gasteiger partial charge in [-0.05, 0) is 45.6 Å². The molecule has 2 fully saturated rings. The summed E-state index contributed by atoms with van der Waals surface area (Å²) in [7, 11) is 0.798. The highest BCUT2D eigenvalue weighted by Crippen LogP contribution is 2.36.